The molecule has 3 rings (SSSR count). The monoisotopic (exact) mass is 304 g/mol. The number of rotatable bonds is 7. The molecule has 1 atom stereocenters. The first-order valence-corrected chi connectivity index (χ1v) is 8.30. The molecule has 0 amide bonds. The van der Waals surface area contributed by atoms with Crippen LogP contribution in [-0.4, -0.2) is 13.1 Å². The normalized spacial score (nSPS) is 12.4. The molecule has 0 bridgehead atoms. The third kappa shape index (κ3) is 4.19. The van der Waals surface area contributed by atoms with Gasteiger partial charge in [-0.3, -0.25) is 0 Å². The van der Waals surface area contributed by atoms with E-state index in [2.05, 4.69) is 90.4 Å². The zero-order valence-corrected chi connectivity index (χ0v) is 13.6. The van der Waals surface area contributed by atoms with Gasteiger partial charge in [-0.2, -0.15) is 0 Å². The van der Waals surface area contributed by atoms with Crippen LogP contribution in [0, 0.1) is 0 Å². The Bertz CT molecular complexity index is 732. The van der Waals surface area contributed by atoms with Crippen LogP contribution in [0.5, 0.6) is 0 Å². The van der Waals surface area contributed by atoms with Crippen LogP contribution in [0.15, 0.2) is 72.8 Å². The van der Waals surface area contributed by atoms with E-state index in [1.807, 2.05) is 0 Å². The Hall–Kier alpha value is -2.16. The predicted octanol–water partition coefficient (Wildman–Crippen LogP) is 4.28. The van der Waals surface area contributed by atoms with Gasteiger partial charge in [-0.15, -0.1) is 0 Å². The van der Waals surface area contributed by atoms with Crippen LogP contribution in [0.2, 0.25) is 0 Å². The molecule has 3 aromatic carbocycles. The lowest BCUT2D eigenvalue weighted by atomic mass is 10.00. The van der Waals surface area contributed by atoms with Crippen molar-refractivity contribution >= 4 is 10.8 Å². The molecule has 0 spiro atoms. The summed E-state index contributed by atoms with van der Waals surface area (Å²) in [5, 5.41) is 9.74. The standard InChI is InChI=1S/C21H24N2/c1-17(20-13-7-11-19-10-5-6-12-21(19)20)23-15-14-22-16-18-8-3-2-4-9-18/h2-13,17,22-23H,14-16H2,1H3/t17-/m1/s1. The van der Waals surface area contributed by atoms with Crippen molar-refractivity contribution in [3.8, 4) is 0 Å². The molecule has 0 aromatic heterocycles. The Kier molecular flexibility index (Phi) is 5.41. The lowest BCUT2D eigenvalue weighted by Crippen LogP contribution is -2.29. The third-order valence-corrected chi connectivity index (χ3v) is 4.21. The lowest BCUT2D eigenvalue weighted by molar-refractivity contribution is 0.548. The van der Waals surface area contributed by atoms with Crippen LogP contribution in [0.1, 0.15) is 24.1 Å². The van der Waals surface area contributed by atoms with Crippen molar-refractivity contribution in [2.75, 3.05) is 13.1 Å². The molecule has 3 aromatic rings. The van der Waals surface area contributed by atoms with Gasteiger partial charge in [0.25, 0.3) is 0 Å². The average molecular weight is 304 g/mol. The van der Waals surface area contributed by atoms with Crippen LogP contribution < -0.4 is 10.6 Å². The number of nitrogens with one attached hydrogen (secondary N) is 2. The maximum Gasteiger partial charge on any atom is 0.0298 e. The van der Waals surface area contributed by atoms with Crippen molar-refractivity contribution in [2.45, 2.75) is 19.5 Å². The van der Waals surface area contributed by atoms with Gasteiger partial charge in [-0.05, 0) is 28.8 Å². The molecule has 0 radical (unpaired) electrons. The predicted molar refractivity (Wildman–Crippen MR) is 98.5 cm³/mol. The van der Waals surface area contributed by atoms with Crippen LogP contribution in [0.4, 0.5) is 0 Å². The van der Waals surface area contributed by atoms with E-state index in [1.54, 1.807) is 0 Å². The van der Waals surface area contributed by atoms with E-state index in [9.17, 15) is 0 Å². The van der Waals surface area contributed by atoms with Gasteiger partial charge < -0.3 is 10.6 Å². The third-order valence-electron chi connectivity index (χ3n) is 4.21. The van der Waals surface area contributed by atoms with E-state index >= 15 is 0 Å². The minimum atomic E-state index is 0.347. The molecule has 0 unspecified atom stereocenters. The molecule has 0 saturated heterocycles. The Morgan fingerprint density at radius 1 is 0.783 bits per heavy atom. The zero-order valence-electron chi connectivity index (χ0n) is 13.6. The molecule has 0 aliphatic heterocycles. The van der Waals surface area contributed by atoms with Gasteiger partial charge in [-0.25, -0.2) is 0 Å². The second-order valence-electron chi connectivity index (χ2n) is 5.91. The van der Waals surface area contributed by atoms with E-state index < -0.39 is 0 Å². The summed E-state index contributed by atoms with van der Waals surface area (Å²) >= 11 is 0. The zero-order chi connectivity index (χ0) is 15.9. The van der Waals surface area contributed by atoms with E-state index in [-0.39, 0.29) is 0 Å². The molecule has 2 nitrogen and oxygen atoms in total. The maximum absolute atomic E-state index is 3.61. The van der Waals surface area contributed by atoms with Crippen molar-refractivity contribution in [1.82, 2.24) is 10.6 Å². The molecule has 2 N–H and O–H groups in total. The van der Waals surface area contributed by atoms with Gasteiger partial charge >= 0.3 is 0 Å². The summed E-state index contributed by atoms with van der Waals surface area (Å²) in [5.74, 6) is 0. The van der Waals surface area contributed by atoms with Gasteiger partial charge in [0.05, 0.1) is 0 Å². The molecule has 0 saturated carbocycles. The maximum atomic E-state index is 3.61. The Balaban J connectivity index is 1.50. The summed E-state index contributed by atoms with van der Waals surface area (Å²) in [7, 11) is 0. The Labute approximate surface area is 138 Å². The quantitative estimate of drug-likeness (QED) is 0.637. The second kappa shape index (κ2) is 7.91. The van der Waals surface area contributed by atoms with Gasteiger partial charge in [0.2, 0.25) is 0 Å². The minimum Gasteiger partial charge on any atom is -0.311 e. The highest BCUT2D eigenvalue weighted by Gasteiger charge is 2.07. The highest BCUT2D eigenvalue weighted by molar-refractivity contribution is 5.86. The fourth-order valence-corrected chi connectivity index (χ4v) is 2.94. The molecule has 23 heavy (non-hydrogen) atoms. The molecule has 118 valence electrons. The molecule has 0 heterocycles. The highest BCUT2D eigenvalue weighted by Crippen LogP contribution is 2.23. The number of fused-ring (bicyclic) bond motifs is 1. The van der Waals surface area contributed by atoms with Gasteiger partial charge in [-0.1, -0.05) is 72.8 Å². The highest BCUT2D eigenvalue weighted by atomic mass is 15.0. The second-order valence-corrected chi connectivity index (χ2v) is 5.91. The first-order chi connectivity index (χ1) is 11.3. The summed E-state index contributed by atoms with van der Waals surface area (Å²) in [6, 6.07) is 26.0. The summed E-state index contributed by atoms with van der Waals surface area (Å²) < 4.78 is 0. The topological polar surface area (TPSA) is 24.1 Å². The molecular weight excluding hydrogens is 280 g/mol. The largest absolute Gasteiger partial charge is 0.311 e. The molecule has 0 aliphatic carbocycles. The molecule has 0 aliphatic rings. The van der Waals surface area contributed by atoms with Crippen molar-refractivity contribution in [3.63, 3.8) is 0 Å². The van der Waals surface area contributed by atoms with Crippen molar-refractivity contribution in [3.05, 3.63) is 83.9 Å². The van der Waals surface area contributed by atoms with E-state index in [0.717, 1.165) is 19.6 Å². The summed E-state index contributed by atoms with van der Waals surface area (Å²) in [4.78, 5) is 0. The Morgan fingerprint density at radius 3 is 2.39 bits per heavy atom. The number of hydrogen-bond donors (Lipinski definition) is 2. The van der Waals surface area contributed by atoms with Crippen LogP contribution in [-0.2, 0) is 6.54 Å². The lowest BCUT2D eigenvalue weighted by Gasteiger charge is -2.17. The van der Waals surface area contributed by atoms with Gasteiger partial charge in [0.1, 0.15) is 0 Å². The SMILES string of the molecule is C[C@@H](NCCNCc1ccccc1)c1cccc2ccccc12. The van der Waals surface area contributed by atoms with E-state index in [4.69, 9.17) is 0 Å². The minimum absolute atomic E-state index is 0.347. The summed E-state index contributed by atoms with van der Waals surface area (Å²) in [5.41, 5.74) is 2.70. The fraction of sp³-hybridized carbons (Fsp3) is 0.238. The van der Waals surface area contributed by atoms with E-state index in [0.29, 0.717) is 6.04 Å². The van der Waals surface area contributed by atoms with E-state index in [1.165, 1.54) is 21.9 Å². The number of benzene rings is 3. The summed E-state index contributed by atoms with van der Waals surface area (Å²) in [6.45, 7) is 5.07. The van der Waals surface area contributed by atoms with Crippen LogP contribution in [0.25, 0.3) is 10.8 Å². The smallest absolute Gasteiger partial charge is 0.0298 e. The average Bonchev–Trinajstić information content (AvgIpc) is 2.61. The van der Waals surface area contributed by atoms with Crippen molar-refractivity contribution in [2.24, 2.45) is 0 Å². The van der Waals surface area contributed by atoms with Crippen molar-refractivity contribution in [1.29, 1.82) is 0 Å². The van der Waals surface area contributed by atoms with Gasteiger partial charge in [0.15, 0.2) is 0 Å². The van der Waals surface area contributed by atoms with Gasteiger partial charge in [0, 0.05) is 25.7 Å². The summed E-state index contributed by atoms with van der Waals surface area (Å²) in [6.07, 6.45) is 0. The first-order valence-electron chi connectivity index (χ1n) is 8.30. The fourth-order valence-electron chi connectivity index (χ4n) is 2.94. The molecular formula is C21H24N2. The Morgan fingerprint density at radius 2 is 1.52 bits per heavy atom. The van der Waals surface area contributed by atoms with Crippen LogP contribution in [0.3, 0.4) is 0 Å². The van der Waals surface area contributed by atoms with Crippen molar-refractivity contribution < 1.29 is 0 Å². The number of hydrogen-bond acceptors (Lipinski definition) is 2. The first kappa shape index (κ1) is 15.7. The molecule has 2 heteroatoms. The van der Waals surface area contributed by atoms with Crippen LogP contribution >= 0.6 is 0 Å². The molecule has 0 fully saturated rings.